The Morgan fingerprint density at radius 3 is 2.19 bits per heavy atom. The minimum atomic E-state index is -0.754. The monoisotopic (exact) mass is 311 g/mol. The average Bonchev–Trinajstić information content (AvgIpc) is 2.82. The Morgan fingerprint density at radius 2 is 1.67 bits per heavy atom. The molecule has 5 nitrogen and oxygen atoms in total. The van der Waals surface area contributed by atoms with Gasteiger partial charge in [-0.15, -0.1) is 12.4 Å². The summed E-state index contributed by atoms with van der Waals surface area (Å²) in [5.74, 6) is -0.277. The quantitative estimate of drug-likeness (QED) is 0.802. The smallest absolute Gasteiger partial charge is 0.244 e. The lowest BCUT2D eigenvalue weighted by atomic mass is 9.97. The number of nitrogens with one attached hydrogen (secondary N) is 2. The van der Waals surface area contributed by atoms with Gasteiger partial charge in [0.25, 0.3) is 0 Å². The molecule has 21 heavy (non-hydrogen) atoms. The lowest BCUT2D eigenvalue weighted by molar-refractivity contribution is -0.121. The number of hydrogen-bond donors (Lipinski definition) is 3. The molecule has 0 saturated heterocycles. The highest BCUT2D eigenvalue weighted by Gasteiger charge is 2.37. The van der Waals surface area contributed by atoms with Crippen molar-refractivity contribution in [2.75, 3.05) is 10.6 Å². The Hall–Kier alpha value is -1.59. The molecule has 0 radical (unpaired) electrons. The van der Waals surface area contributed by atoms with Gasteiger partial charge in [-0.1, -0.05) is 18.9 Å². The maximum Gasteiger partial charge on any atom is 0.244 e. The zero-order valence-electron chi connectivity index (χ0n) is 12.4. The van der Waals surface area contributed by atoms with Crippen LogP contribution in [0.15, 0.2) is 18.2 Å². The predicted molar refractivity (Wildman–Crippen MR) is 86.7 cm³/mol. The molecule has 4 N–H and O–H groups in total. The van der Waals surface area contributed by atoms with Gasteiger partial charge in [0, 0.05) is 18.3 Å². The number of amides is 2. The Balaban J connectivity index is 0.00000220. The number of carbonyl (C=O) groups is 2. The third-order valence-electron chi connectivity index (χ3n) is 3.84. The van der Waals surface area contributed by atoms with Gasteiger partial charge in [-0.05, 0) is 37.5 Å². The van der Waals surface area contributed by atoms with Gasteiger partial charge in [0.15, 0.2) is 0 Å². The fourth-order valence-corrected chi connectivity index (χ4v) is 2.58. The van der Waals surface area contributed by atoms with E-state index >= 15 is 0 Å². The molecule has 2 amide bonds. The van der Waals surface area contributed by atoms with Crippen molar-refractivity contribution in [1.29, 1.82) is 0 Å². The minimum absolute atomic E-state index is 0. The number of benzene rings is 1. The van der Waals surface area contributed by atoms with Crippen molar-refractivity contribution in [1.82, 2.24) is 0 Å². The summed E-state index contributed by atoms with van der Waals surface area (Å²) in [4.78, 5) is 23.4. The van der Waals surface area contributed by atoms with Crippen molar-refractivity contribution < 1.29 is 9.59 Å². The van der Waals surface area contributed by atoms with Gasteiger partial charge in [-0.25, -0.2) is 0 Å². The van der Waals surface area contributed by atoms with E-state index in [1.165, 1.54) is 6.92 Å². The highest BCUT2D eigenvalue weighted by molar-refractivity contribution is 6.00. The number of carbonyl (C=O) groups excluding carboxylic acids is 2. The van der Waals surface area contributed by atoms with Gasteiger partial charge in [-0.2, -0.15) is 0 Å². The van der Waals surface area contributed by atoms with Crippen LogP contribution in [0.4, 0.5) is 11.4 Å². The maximum absolute atomic E-state index is 12.3. The Morgan fingerprint density at radius 1 is 1.14 bits per heavy atom. The van der Waals surface area contributed by atoms with Crippen LogP contribution in [0, 0.1) is 6.92 Å². The number of anilines is 2. The molecule has 6 heteroatoms. The second kappa shape index (κ2) is 6.91. The van der Waals surface area contributed by atoms with Gasteiger partial charge in [0.05, 0.1) is 5.54 Å². The van der Waals surface area contributed by atoms with E-state index in [1.54, 1.807) is 12.1 Å². The molecule has 0 aromatic heterocycles. The van der Waals surface area contributed by atoms with Crippen LogP contribution < -0.4 is 16.4 Å². The first-order valence-electron chi connectivity index (χ1n) is 6.90. The Labute approximate surface area is 131 Å². The molecular formula is C15H22ClN3O2. The molecule has 0 heterocycles. The van der Waals surface area contributed by atoms with E-state index in [0.717, 1.165) is 31.2 Å². The van der Waals surface area contributed by atoms with Gasteiger partial charge in [0.2, 0.25) is 11.8 Å². The first-order chi connectivity index (χ1) is 9.42. The molecular weight excluding hydrogens is 290 g/mol. The summed E-state index contributed by atoms with van der Waals surface area (Å²) >= 11 is 0. The summed E-state index contributed by atoms with van der Waals surface area (Å²) in [5, 5.41) is 5.64. The number of halogens is 1. The lowest BCUT2D eigenvalue weighted by Crippen LogP contribution is -2.48. The number of rotatable bonds is 3. The van der Waals surface area contributed by atoms with Crippen LogP contribution in [-0.2, 0) is 9.59 Å². The molecule has 0 unspecified atom stereocenters. The summed E-state index contributed by atoms with van der Waals surface area (Å²) in [7, 11) is 0. The number of nitrogens with two attached hydrogens (primary N) is 1. The molecule has 1 aliphatic rings. The topological polar surface area (TPSA) is 84.2 Å². The second-order valence-corrected chi connectivity index (χ2v) is 5.48. The van der Waals surface area contributed by atoms with Crippen molar-refractivity contribution in [3.63, 3.8) is 0 Å². The lowest BCUT2D eigenvalue weighted by Gasteiger charge is -2.23. The van der Waals surface area contributed by atoms with Crippen LogP contribution in [0.25, 0.3) is 0 Å². The van der Waals surface area contributed by atoms with Crippen molar-refractivity contribution in [2.45, 2.75) is 45.1 Å². The first-order valence-corrected chi connectivity index (χ1v) is 6.90. The summed E-state index contributed by atoms with van der Waals surface area (Å²) in [6, 6.07) is 5.42. The third kappa shape index (κ3) is 3.95. The average molecular weight is 312 g/mol. The highest BCUT2D eigenvalue weighted by Crippen LogP contribution is 2.30. The molecule has 0 atom stereocenters. The number of hydrogen-bond acceptors (Lipinski definition) is 3. The zero-order valence-corrected chi connectivity index (χ0v) is 13.2. The molecule has 1 fully saturated rings. The molecule has 116 valence electrons. The largest absolute Gasteiger partial charge is 0.326 e. The van der Waals surface area contributed by atoms with Crippen LogP contribution in [0.3, 0.4) is 0 Å². The van der Waals surface area contributed by atoms with Crippen LogP contribution in [0.1, 0.15) is 38.2 Å². The van der Waals surface area contributed by atoms with E-state index in [2.05, 4.69) is 10.6 Å². The fourth-order valence-electron chi connectivity index (χ4n) is 2.58. The van der Waals surface area contributed by atoms with E-state index in [-0.39, 0.29) is 24.2 Å². The summed E-state index contributed by atoms with van der Waals surface area (Å²) in [6.07, 6.45) is 3.44. The van der Waals surface area contributed by atoms with Crippen molar-refractivity contribution in [3.05, 3.63) is 23.8 Å². The van der Waals surface area contributed by atoms with Crippen molar-refractivity contribution in [3.8, 4) is 0 Å². The van der Waals surface area contributed by atoms with Gasteiger partial charge in [-0.3, -0.25) is 9.59 Å². The van der Waals surface area contributed by atoms with Gasteiger partial charge >= 0.3 is 0 Å². The van der Waals surface area contributed by atoms with E-state index < -0.39 is 5.54 Å². The maximum atomic E-state index is 12.3. The standard InChI is InChI=1S/C15H21N3O2.ClH/c1-10-12(17-11(2)19)6-5-7-13(10)18-14(20)15(16)8-3-4-9-15;/h5-7H,3-4,8-9,16H2,1-2H3,(H,17,19)(H,18,20);1H. The molecule has 1 saturated carbocycles. The molecule has 0 aliphatic heterocycles. The predicted octanol–water partition coefficient (Wildman–Crippen LogP) is 2.59. The normalized spacial score (nSPS) is 16.0. The van der Waals surface area contributed by atoms with Crippen LogP contribution in [-0.4, -0.2) is 17.4 Å². The molecule has 1 aliphatic carbocycles. The van der Waals surface area contributed by atoms with E-state index in [9.17, 15) is 9.59 Å². The second-order valence-electron chi connectivity index (χ2n) is 5.48. The summed E-state index contributed by atoms with van der Waals surface area (Å²) < 4.78 is 0. The summed E-state index contributed by atoms with van der Waals surface area (Å²) in [6.45, 7) is 3.32. The van der Waals surface area contributed by atoms with Crippen molar-refractivity contribution in [2.24, 2.45) is 5.73 Å². The molecule has 0 spiro atoms. The van der Waals surface area contributed by atoms with E-state index in [4.69, 9.17) is 5.73 Å². The van der Waals surface area contributed by atoms with E-state index in [1.807, 2.05) is 13.0 Å². The SMILES string of the molecule is CC(=O)Nc1cccc(NC(=O)C2(N)CCCC2)c1C.Cl. The van der Waals surface area contributed by atoms with Crippen LogP contribution in [0.5, 0.6) is 0 Å². The van der Waals surface area contributed by atoms with Crippen LogP contribution in [0.2, 0.25) is 0 Å². The Bertz CT molecular complexity index is 540. The zero-order chi connectivity index (χ0) is 14.8. The summed E-state index contributed by atoms with van der Waals surface area (Å²) in [5.41, 5.74) is 7.61. The van der Waals surface area contributed by atoms with Gasteiger partial charge < -0.3 is 16.4 Å². The minimum Gasteiger partial charge on any atom is -0.326 e. The molecule has 1 aromatic rings. The molecule has 2 rings (SSSR count). The third-order valence-corrected chi connectivity index (χ3v) is 3.84. The van der Waals surface area contributed by atoms with Crippen molar-refractivity contribution >= 4 is 35.6 Å². The van der Waals surface area contributed by atoms with E-state index in [0.29, 0.717) is 11.4 Å². The van der Waals surface area contributed by atoms with Crippen LogP contribution >= 0.6 is 12.4 Å². The molecule has 1 aromatic carbocycles. The Kier molecular flexibility index (Phi) is 5.75. The molecule has 0 bridgehead atoms. The highest BCUT2D eigenvalue weighted by atomic mass is 35.5. The van der Waals surface area contributed by atoms with Gasteiger partial charge in [0.1, 0.15) is 0 Å². The fraction of sp³-hybridized carbons (Fsp3) is 0.467. The first kappa shape index (κ1) is 17.5.